The molecule has 0 aliphatic rings. The van der Waals surface area contributed by atoms with Crippen molar-refractivity contribution in [2.24, 2.45) is 5.92 Å². The van der Waals surface area contributed by atoms with Gasteiger partial charge in [-0.3, -0.25) is 0 Å². The van der Waals surface area contributed by atoms with Crippen LogP contribution in [0.2, 0.25) is 0 Å². The molecule has 0 aromatic heterocycles. The van der Waals surface area contributed by atoms with Gasteiger partial charge < -0.3 is 24.8 Å². The van der Waals surface area contributed by atoms with Gasteiger partial charge in [0.1, 0.15) is 0 Å². The summed E-state index contributed by atoms with van der Waals surface area (Å²) in [6.45, 7) is 5.07. The maximum Gasteiger partial charge on any atom is 0.161 e. The predicted octanol–water partition coefficient (Wildman–Crippen LogP) is 3.88. The maximum absolute atomic E-state index is 10.9. The van der Waals surface area contributed by atoms with E-state index in [1.54, 1.807) is 7.11 Å². The van der Waals surface area contributed by atoms with E-state index < -0.39 is 6.10 Å². The lowest BCUT2D eigenvalue weighted by molar-refractivity contribution is 0.0894. The van der Waals surface area contributed by atoms with Crippen molar-refractivity contribution in [3.8, 4) is 11.5 Å². The van der Waals surface area contributed by atoms with E-state index in [9.17, 15) is 5.11 Å². The highest BCUT2D eigenvalue weighted by Gasteiger charge is 2.21. The first-order valence-corrected chi connectivity index (χ1v) is 10.4. The Hall–Kier alpha value is -2.08. The minimum absolute atomic E-state index is 0.0888. The number of benzene rings is 2. The van der Waals surface area contributed by atoms with Crippen molar-refractivity contribution >= 4 is 0 Å². The topological polar surface area (TPSA) is 54.0 Å². The summed E-state index contributed by atoms with van der Waals surface area (Å²) in [4.78, 5) is 2.12. The molecule has 0 fully saturated rings. The van der Waals surface area contributed by atoms with Crippen molar-refractivity contribution in [3.05, 3.63) is 59.7 Å². The number of aliphatic hydroxyl groups excluding tert-OH is 1. The summed E-state index contributed by atoms with van der Waals surface area (Å²) in [5, 5.41) is 14.4. The van der Waals surface area contributed by atoms with Gasteiger partial charge in [0.2, 0.25) is 0 Å². The normalized spacial score (nSPS) is 13.3. The Labute approximate surface area is 175 Å². The van der Waals surface area contributed by atoms with Crippen LogP contribution in [0.1, 0.15) is 37.0 Å². The lowest BCUT2D eigenvalue weighted by Gasteiger charge is -2.26. The van der Waals surface area contributed by atoms with Gasteiger partial charge in [-0.25, -0.2) is 0 Å². The fraction of sp³-hybridized carbons (Fsp3) is 0.500. The van der Waals surface area contributed by atoms with Crippen LogP contribution in [0.3, 0.4) is 0 Å². The third-order valence-electron chi connectivity index (χ3n) is 4.91. The van der Waals surface area contributed by atoms with Crippen LogP contribution in [0.15, 0.2) is 48.5 Å². The summed E-state index contributed by atoms with van der Waals surface area (Å²) in [6.07, 6.45) is 1.62. The number of methoxy groups -OCH3 is 1. The van der Waals surface area contributed by atoms with Crippen LogP contribution in [-0.2, 0) is 6.54 Å². The van der Waals surface area contributed by atoms with E-state index in [0.717, 1.165) is 42.0 Å². The Morgan fingerprint density at radius 2 is 1.83 bits per heavy atom. The Bertz CT molecular complexity index is 707. The molecule has 0 spiro atoms. The number of nitrogens with zero attached hydrogens (tertiary/aromatic N) is 1. The monoisotopic (exact) mass is 400 g/mol. The number of nitrogens with one attached hydrogen (secondary N) is 1. The molecule has 5 heteroatoms. The van der Waals surface area contributed by atoms with Gasteiger partial charge in [0.15, 0.2) is 11.5 Å². The molecule has 0 heterocycles. The van der Waals surface area contributed by atoms with Gasteiger partial charge >= 0.3 is 0 Å². The molecule has 0 unspecified atom stereocenters. The molecule has 160 valence electrons. The van der Waals surface area contributed by atoms with E-state index >= 15 is 0 Å². The van der Waals surface area contributed by atoms with Gasteiger partial charge in [0.05, 0.1) is 19.8 Å². The number of hydrogen-bond acceptors (Lipinski definition) is 5. The minimum Gasteiger partial charge on any atom is -0.493 e. The van der Waals surface area contributed by atoms with E-state index in [-0.39, 0.29) is 5.92 Å². The van der Waals surface area contributed by atoms with Crippen LogP contribution in [-0.4, -0.2) is 50.9 Å². The van der Waals surface area contributed by atoms with Crippen LogP contribution >= 0.6 is 0 Å². The molecule has 0 saturated heterocycles. The summed E-state index contributed by atoms with van der Waals surface area (Å²) in [6, 6.07) is 15.9. The van der Waals surface area contributed by atoms with Crippen LogP contribution in [0.5, 0.6) is 11.5 Å². The number of unbranched alkanes of at least 4 members (excludes halogenated alkanes) is 1. The van der Waals surface area contributed by atoms with Gasteiger partial charge in [0.25, 0.3) is 0 Å². The second-order valence-electron chi connectivity index (χ2n) is 7.70. The second-order valence-corrected chi connectivity index (χ2v) is 7.70. The number of ether oxygens (including phenoxy) is 2. The molecule has 0 amide bonds. The molecule has 0 bridgehead atoms. The fourth-order valence-electron chi connectivity index (χ4n) is 3.34. The first-order valence-electron chi connectivity index (χ1n) is 10.4. The van der Waals surface area contributed by atoms with Crippen LogP contribution in [0, 0.1) is 5.92 Å². The molecular weight excluding hydrogens is 364 g/mol. The molecule has 2 aromatic rings. The largest absolute Gasteiger partial charge is 0.493 e. The van der Waals surface area contributed by atoms with Crippen molar-refractivity contribution in [2.45, 2.75) is 32.4 Å². The molecule has 5 nitrogen and oxygen atoms in total. The van der Waals surface area contributed by atoms with Crippen molar-refractivity contribution in [1.82, 2.24) is 10.2 Å². The van der Waals surface area contributed by atoms with E-state index in [4.69, 9.17) is 9.47 Å². The Morgan fingerprint density at radius 3 is 2.48 bits per heavy atom. The summed E-state index contributed by atoms with van der Waals surface area (Å²) in [5.74, 6) is 1.63. The molecule has 2 aromatic carbocycles. The number of hydrogen-bond donors (Lipinski definition) is 2. The SMILES string of the molecule is CCCCOc1cc(CNC[C@H](CN(C)C)[C@@H](O)c2ccccc2)ccc1OC. The summed E-state index contributed by atoms with van der Waals surface area (Å²) >= 11 is 0. The van der Waals surface area contributed by atoms with Gasteiger partial charge in [-0.05, 0) is 43.8 Å². The molecule has 2 N–H and O–H groups in total. The molecule has 0 radical (unpaired) electrons. The zero-order valence-electron chi connectivity index (χ0n) is 18.2. The van der Waals surface area contributed by atoms with E-state index in [1.165, 1.54) is 0 Å². The summed E-state index contributed by atoms with van der Waals surface area (Å²) < 4.78 is 11.3. The van der Waals surface area contributed by atoms with Crippen molar-refractivity contribution in [1.29, 1.82) is 0 Å². The van der Waals surface area contributed by atoms with Crippen LogP contribution < -0.4 is 14.8 Å². The van der Waals surface area contributed by atoms with Gasteiger partial charge in [0, 0.05) is 25.6 Å². The standard InChI is InChI=1S/C24H36N2O3/c1-5-6-14-29-23-15-19(12-13-22(23)28-4)16-25-17-21(18-26(2)3)24(27)20-10-8-7-9-11-20/h7-13,15,21,24-25,27H,5-6,14,16-18H2,1-4H3/t21-,24+/m1/s1. The van der Waals surface area contributed by atoms with Crippen molar-refractivity contribution in [2.75, 3.05) is 40.9 Å². The molecular formula is C24H36N2O3. The predicted molar refractivity (Wildman–Crippen MR) is 119 cm³/mol. The quantitative estimate of drug-likeness (QED) is 0.500. The van der Waals surface area contributed by atoms with E-state index in [1.807, 2.05) is 62.6 Å². The Kier molecular flexibility index (Phi) is 9.98. The molecule has 0 saturated carbocycles. The lowest BCUT2D eigenvalue weighted by Crippen LogP contribution is -2.34. The van der Waals surface area contributed by atoms with Crippen molar-refractivity contribution < 1.29 is 14.6 Å². The van der Waals surface area contributed by atoms with Crippen molar-refractivity contribution in [3.63, 3.8) is 0 Å². The van der Waals surface area contributed by atoms with Gasteiger partial charge in [-0.15, -0.1) is 0 Å². The third kappa shape index (κ3) is 7.69. The molecule has 29 heavy (non-hydrogen) atoms. The first kappa shape index (κ1) is 23.2. The summed E-state index contributed by atoms with van der Waals surface area (Å²) in [5.41, 5.74) is 2.09. The minimum atomic E-state index is -0.505. The number of aliphatic hydroxyl groups is 1. The number of rotatable bonds is 13. The Morgan fingerprint density at radius 1 is 1.07 bits per heavy atom. The average molecular weight is 401 g/mol. The highest BCUT2D eigenvalue weighted by atomic mass is 16.5. The second kappa shape index (κ2) is 12.5. The molecule has 0 aliphatic carbocycles. The zero-order chi connectivity index (χ0) is 21.1. The smallest absolute Gasteiger partial charge is 0.161 e. The highest BCUT2D eigenvalue weighted by Crippen LogP contribution is 2.28. The van der Waals surface area contributed by atoms with Crippen LogP contribution in [0.4, 0.5) is 0 Å². The Balaban J connectivity index is 1.98. The highest BCUT2D eigenvalue weighted by molar-refractivity contribution is 5.43. The van der Waals surface area contributed by atoms with E-state index in [2.05, 4.69) is 17.1 Å². The summed E-state index contributed by atoms with van der Waals surface area (Å²) in [7, 11) is 5.74. The third-order valence-corrected chi connectivity index (χ3v) is 4.91. The average Bonchev–Trinajstić information content (AvgIpc) is 2.73. The van der Waals surface area contributed by atoms with Gasteiger partial charge in [-0.2, -0.15) is 0 Å². The van der Waals surface area contributed by atoms with Crippen LogP contribution in [0.25, 0.3) is 0 Å². The maximum atomic E-state index is 10.9. The first-order chi connectivity index (χ1) is 14.0. The zero-order valence-corrected chi connectivity index (χ0v) is 18.2. The molecule has 0 aliphatic heterocycles. The fourth-order valence-corrected chi connectivity index (χ4v) is 3.34. The molecule has 2 rings (SSSR count). The molecule has 2 atom stereocenters. The lowest BCUT2D eigenvalue weighted by atomic mass is 9.95. The van der Waals surface area contributed by atoms with E-state index in [0.29, 0.717) is 19.7 Å². The van der Waals surface area contributed by atoms with Gasteiger partial charge in [-0.1, -0.05) is 49.7 Å².